The van der Waals surface area contributed by atoms with Gasteiger partial charge in [0.25, 0.3) is 0 Å². The van der Waals surface area contributed by atoms with E-state index in [1.165, 1.54) is 18.2 Å². The lowest BCUT2D eigenvalue weighted by molar-refractivity contribution is 0.158. The van der Waals surface area contributed by atoms with Crippen molar-refractivity contribution in [2.24, 2.45) is 0 Å². The molecule has 0 aliphatic carbocycles. The highest BCUT2D eigenvalue weighted by Gasteiger charge is 2.16. The molecule has 37 heavy (non-hydrogen) atoms. The van der Waals surface area contributed by atoms with Gasteiger partial charge in [0.2, 0.25) is 10.0 Å². The van der Waals surface area contributed by atoms with Crippen molar-refractivity contribution in [2.45, 2.75) is 18.6 Å². The fraction of sp³-hybridized carbons (Fsp3) is 0.222. The van der Waals surface area contributed by atoms with Gasteiger partial charge in [-0.2, -0.15) is 0 Å². The second-order valence-corrected chi connectivity index (χ2v) is 10.5. The van der Waals surface area contributed by atoms with Crippen molar-refractivity contribution >= 4 is 26.6 Å². The number of para-hydroxylation sites is 1. The van der Waals surface area contributed by atoms with Crippen molar-refractivity contribution in [3.8, 4) is 17.2 Å². The number of benzene rings is 3. The molecule has 4 rings (SSSR count). The van der Waals surface area contributed by atoms with Crippen molar-refractivity contribution in [3.05, 3.63) is 90.1 Å². The molecule has 0 aliphatic rings. The summed E-state index contributed by atoms with van der Waals surface area (Å²) in [5, 5.41) is 34.4. The van der Waals surface area contributed by atoms with Crippen molar-refractivity contribution in [2.75, 3.05) is 24.1 Å². The first-order chi connectivity index (χ1) is 17.7. The number of aromatic nitrogens is 1. The average molecular weight is 524 g/mol. The summed E-state index contributed by atoms with van der Waals surface area (Å²) in [6.45, 7) is -0.0327. The molecule has 0 radical (unpaired) electrons. The normalized spacial score (nSPS) is 13.3. The topological polar surface area (TPSA) is 141 Å². The summed E-state index contributed by atoms with van der Waals surface area (Å²) in [5.41, 5.74) is 2.22. The number of aromatic hydroxyl groups is 1. The highest BCUT2D eigenvalue weighted by molar-refractivity contribution is 7.92. The van der Waals surface area contributed by atoms with E-state index in [-0.39, 0.29) is 30.6 Å². The van der Waals surface area contributed by atoms with Gasteiger partial charge in [-0.05, 0) is 60.0 Å². The number of phenolic OH excluding ortho intramolecular Hbond substituents is 1. The number of hydrogen-bond donors (Lipinski definition) is 5. The zero-order valence-corrected chi connectivity index (χ0v) is 21.0. The first-order valence-corrected chi connectivity index (χ1v) is 13.5. The van der Waals surface area contributed by atoms with E-state index in [4.69, 9.17) is 4.74 Å². The molecule has 9 nitrogen and oxygen atoms in total. The van der Waals surface area contributed by atoms with Crippen LogP contribution in [0.3, 0.4) is 0 Å². The van der Waals surface area contributed by atoms with Crippen LogP contribution in [0.1, 0.15) is 17.2 Å². The molecule has 0 amide bonds. The number of nitrogens with zero attached hydrogens (tertiary/aromatic N) is 1. The number of hydrogen-bond acceptors (Lipinski definition) is 8. The number of fused-ring (bicyclic) bond motifs is 1. The molecule has 2 atom stereocenters. The van der Waals surface area contributed by atoms with Crippen molar-refractivity contribution in [1.82, 2.24) is 10.3 Å². The third-order valence-corrected chi connectivity index (χ3v) is 6.35. The molecule has 0 saturated heterocycles. The molecule has 0 fully saturated rings. The van der Waals surface area contributed by atoms with E-state index in [0.29, 0.717) is 23.5 Å². The van der Waals surface area contributed by atoms with E-state index < -0.39 is 16.1 Å². The Morgan fingerprint density at radius 2 is 1.78 bits per heavy atom. The van der Waals surface area contributed by atoms with Gasteiger partial charge in [-0.3, -0.25) is 9.71 Å². The summed E-state index contributed by atoms with van der Waals surface area (Å²) >= 11 is 0. The van der Waals surface area contributed by atoms with Gasteiger partial charge in [0.1, 0.15) is 17.2 Å². The van der Waals surface area contributed by atoms with Crippen molar-refractivity contribution in [1.29, 1.82) is 0 Å². The predicted molar refractivity (Wildman–Crippen MR) is 142 cm³/mol. The Labute approximate surface area is 215 Å². The second-order valence-electron chi connectivity index (χ2n) is 8.73. The maximum Gasteiger partial charge on any atom is 0.229 e. The molecule has 3 aromatic carbocycles. The Kier molecular flexibility index (Phi) is 8.24. The molecule has 0 bridgehead atoms. The summed E-state index contributed by atoms with van der Waals surface area (Å²) in [4.78, 5) is 4.34. The van der Waals surface area contributed by atoms with Crippen LogP contribution in [0.15, 0.2) is 79.0 Å². The quantitative estimate of drug-likeness (QED) is 0.189. The SMILES string of the molecule is CS(=O)(=O)Nc1cc([C@@H](O)CN[C@H](CO)Cc2ccc(Oc3ccnc4ccccc34)cc2)ccc1O. The summed E-state index contributed by atoms with van der Waals surface area (Å²) in [5.74, 6) is 1.15. The van der Waals surface area contributed by atoms with Crippen LogP contribution >= 0.6 is 0 Å². The van der Waals surface area contributed by atoms with Crippen LogP contribution in [-0.2, 0) is 16.4 Å². The molecule has 1 heterocycles. The molecular formula is C27H29N3O6S. The molecule has 194 valence electrons. The van der Waals surface area contributed by atoms with E-state index >= 15 is 0 Å². The molecule has 0 saturated carbocycles. The number of sulfonamides is 1. The molecule has 0 unspecified atom stereocenters. The van der Waals surface area contributed by atoms with Crippen LogP contribution < -0.4 is 14.8 Å². The fourth-order valence-electron chi connectivity index (χ4n) is 3.90. The van der Waals surface area contributed by atoms with Crippen LogP contribution in [0.25, 0.3) is 10.9 Å². The molecule has 5 N–H and O–H groups in total. The summed E-state index contributed by atoms with van der Waals surface area (Å²) in [6.07, 6.45) is 2.21. The van der Waals surface area contributed by atoms with E-state index in [2.05, 4.69) is 15.0 Å². The Balaban J connectivity index is 1.35. The minimum absolute atomic E-state index is 0.0140. The minimum Gasteiger partial charge on any atom is -0.506 e. The van der Waals surface area contributed by atoms with Crippen LogP contribution in [0.2, 0.25) is 0 Å². The molecule has 0 spiro atoms. The molecule has 4 aromatic rings. The number of nitrogens with one attached hydrogen (secondary N) is 2. The van der Waals surface area contributed by atoms with Crippen molar-refractivity contribution < 1.29 is 28.5 Å². The first-order valence-electron chi connectivity index (χ1n) is 11.7. The van der Waals surface area contributed by atoms with Gasteiger partial charge in [0.05, 0.1) is 30.2 Å². The fourth-order valence-corrected chi connectivity index (χ4v) is 4.47. The Hall–Kier alpha value is -3.70. The standard InChI is InChI=1S/C27H29N3O6S/c1-37(34,35)30-24-15-19(8-11-25(24)32)26(33)16-29-20(17-31)14-18-6-9-21(10-7-18)36-27-12-13-28-23-5-3-2-4-22(23)27/h2-13,15,20,26,29-33H,14,16-17H2,1H3/t20-,26-/m0/s1. The zero-order valence-electron chi connectivity index (χ0n) is 20.2. The lowest BCUT2D eigenvalue weighted by Gasteiger charge is -2.20. The number of pyridine rings is 1. The third-order valence-electron chi connectivity index (χ3n) is 5.76. The molecule has 10 heteroatoms. The van der Waals surface area contributed by atoms with E-state index in [9.17, 15) is 23.7 Å². The lowest BCUT2D eigenvalue weighted by Crippen LogP contribution is -2.37. The lowest BCUT2D eigenvalue weighted by atomic mass is 10.0. The maximum atomic E-state index is 11.5. The number of rotatable bonds is 11. The Bertz CT molecular complexity index is 1460. The van der Waals surface area contributed by atoms with Crippen LogP contribution in [-0.4, -0.2) is 54.2 Å². The number of phenols is 1. The second kappa shape index (κ2) is 11.6. The van der Waals surface area contributed by atoms with Crippen molar-refractivity contribution in [3.63, 3.8) is 0 Å². The predicted octanol–water partition coefficient (Wildman–Crippen LogP) is 3.33. The largest absolute Gasteiger partial charge is 0.506 e. The highest BCUT2D eigenvalue weighted by Crippen LogP contribution is 2.29. The monoisotopic (exact) mass is 523 g/mol. The number of aliphatic hydroxyl groups excluding tert-OH is 2. The van der Waals surface area contributed by atoms with Gasteiger partial charge < -0.3 is 25.4 Å². The first kappa shape index (κ1) is 26.4. The number of aliphatic hydroxyl groups is 2. The van der Waals surface area contributed by atoms with Crippen LogP contribution in [0.4, 0.5) is 5.69 Å². The number of ether oxygens (including phenoxy) is 1. The Morgan fingerprint density at radius 1 is 1.03 bits per heavy atom. The summed E-state index contributed by atoms with van der Waals surface area (Å²) in [7, 11) is -3.59. The summed E-state index contributed by atoms with van der Waals surface area (Å²) in [6, 6.07) is 21.0. The Morgan fingerprint density at radius 3 is 2.51 bits per heavy atom. The van der Waals surface area contributed by atoms with E-state index in [0.717, 1.165) is 22.7 Å². The smallest absolute Gasteiger partial charge is 0.229 e. The van der Waals surface area contributed by atoms with Gasteiger partial charge in [0, 0.05) is 24.2 Å². The molecule has 0 aliphatic heterocycles. The number of anilines is 1. The van der Waals surface area contributed by atoms with Crippen LogP contribution in [0, 0.1) is 0 Å². The maximum absolute atomic E-state index is 11.5. The van der Waals surface area contributed by atoms with Gasteiger partial charge in [-0.15, -0.1) is 0 Å². The molecular weight excluding hydrogens is 494 g/mol. The van der Waals surface area contributed by atoms with Gasteiger partial charge in [-0.1, -0.05) is 30.3 Å². The van der Waals surface area contributed by atoms with Gasteiger partial charge in [0.15, 0.2) is 0 Å². The molecule has 1 aromatic heterocycles. The summed E-state index contributed by atoms with van der Waals surface area (Å²) < 4.78 is 31.3. The van der Waals surface area contributed by atoms with Gasteiger partial charge in [-0.25, -0.2) is 8.42 Å². The average Bonchev–Trinajstić information content (AvgIpc) is 2.88. The van der Waals surface area contributed by atoms with Gasteiger partial charge >= 0.3 is 0 Å². The van der Waals surface area contributed by atoms with E-state index in [1.54, 1.807) is 6.20 Å². The van der Waals surface area contributed by atoms with E-state index in [1.807, 2.05) is 54.6 Å². The third kappa shape index (κ3) is 7.17. The zero-order chi connectivity index (χ0) is 26.4. The minimum atomic E-state index is -3.59. The highest BCUT2D eigenvalue weighted by atomic mass is 32.2. The van der Waals surface area contributed by atoms with Crippen LogP contribution in [0.5, 0.6) is 17.2 Å².